The van der Waals surface area contributed by atoms with Crippen LogP contribution in [0.25, 0.3) is 0 Å². The lowest BCUT2D eigenvalue weighted by Crippen LogP contribution is -2.26. The number of hydrogen-bond donors (Lipinski definition) is 0. The molecule has 1 aliphatic heterocycles. The first-order valence-electron chi connectivity index (χ1n) is 5.84. The van der Waals surface area contributed by atoms with Gasteiger partial charge in [0.2, 0.25) is 5.91 Å². The first kappa shape index (κ1) is 16.1. The molecular formula is C11H10FIN2O5S. The van der Waals surface area contributed by atoms with Gasteiger partial charge < -0.3 is 4.90 Å². The fraction of sp³-hybridized carbons (Fsp3) is 0.364. The zero-order valence-electron chi connectivity index (χ0n) is 10.5. The molecule has 114 valence electrons. The molecule has 1 atom stereocenters. The Bertz CT molecular complexity index is 709. The number of rotatable bonds is 4. The molecule has 1 fully saturated rings. The van der Waals surface area contributed by atoms with E-state index in [-0.39, 0.29) is 24.6 Å². The molecule has 0 N–H and O–H groups in total. The van der Waals surface area contributed by atoms with E-state index in [9.17, 15) is 27.2 Å². The van der Waals surface area contributed by atoms with Gasteiger partial charge in [-0.1, -0.05) is 0 Å². The summed E-state index contributed by atoms with van der Waals surface area (Å²) in [6.45, 7) is 0.0792. The summed E-state index contributed by atoms with van der Waals surface area (Å²) in [6.07, 6.45) is -0.0593. The summed E-state index contributed by atoms with van der Waals surface area (Å²) in [5.74, 6) is -1.63. The van der Waals surface area contributed by atoms with Gasteiger partial charge in [0.15, 0.2) is 0 Å². The summed E-state index contributed by atoms with van der Waals surface area (Å²) < 4.78 is 34.5. The maximum absolute atomic E-state index is 12.7. The van der Waals surface area contributed by atoms with Crippen LogP contribution in [0.5, 0.6) is 0 Å². The summed E-state index contributed by atoms with van der Waals surface area (Å²) in [6, 6.07) is 4.02. The third-order valence-corrected chi connectivity index (χ3v) is 4.81. The molecule has 1 heterocycles. The van der Waals surface area contributed by atoms with E-state index in [2.05, 4.69) is 0 Å². The molecule has 0 aliphatic carbocycles. The third kappa shape index (κ3) is 3.87. The van der Waals surface area contributed by atoms with Crippen LogP contribution in [0.3, 0.4) is 0 Å². The highest BCUT2D eigenvalue weighted by Gasteiger charge is 2.34. The van der Waals surface area contributed by atoms with Crippen LogP contribution in [0.1, 0.15) is 6.42 Å². The number of nitrogens with zero attached hydrogens (tertiary/aromatic N) is 2. The maximum atomic E-state index is 12.7. The van der Waals surface area contributed by atoms with Crippen molar-refractivity contribution in [1.29, 1.82) is 0 Å². The van der Waals surface area contributed by atoms with Gasteiger partial charge in [-0.2, -0.15) is 8.42 Å². The van der Waals surface area contributed by atoms with Gasteiger partial charge in [-0.25, -0.2) is 0 Å². The molecule has 10 heteroatoms. The average molecular weight is 428 g/mol. The minimum absolute atomic E-state index is 0.0593. The van der Waals surface area contributed by atoms with Gasteiger partial charge in [-0.3, -0.25) is 14.9 Å². The van der Waals surface area contributed by atoms with E-state index in [1.807, 2.05) is 22.6 Å². The van der Waals surface area contributed by atoms with E-state index in [4.69, 9.17) is 0 Å². The van der Waals surface area contributed by atoms with Crippen molar-refractivity contribution >= 4 is 50.1 Å². The first-order chi connectivity index (χ1) is 9.67. The molecule has 1 saturated heterocycles. The Balaban J connectivity index is 2.23. The number of benzene rings is 1. The van der Waals surface area contributed by atoms with Crippen LogP contribution in [-0.4, -0.2) is 31.5 Å². The minimum atomic E-state index is -4.63. The number of halogens is 2. The van der Waals surface area contributed by atoms with Crippen molar-refractivity contribution in [1.82, 2.24) is 0 Å². The smallest absolute Gasteiger partial charge is 0.302 e. The number of carbonyl (C=O) groups excluding carboxylic acids is 1. The molecule has 0 saturated carbocycles. The van der Waals surface area contributed by atoms with E-state index in [0.29, 0.717) is 9.26 Å². The molecule has 1 aliphatic rings. The summed E-state index contributed by atoms with van der Waals surface area (Å²) in [4.78, 5) is 23.4. The second-order valence-corrected chi connectivity index (χ2v) is 7.25. The van der Waals surface area contributed by atoms with Gasteiger partial charge in [0.05, 0.1) is 16.4 Å². The second kappa shape index (κ2) is 5.83. The van der Waals surface area contributed by atoms with Crippen molar-refractivity contribution < 1.29 is 22.0 Å². The highest BCUT2D eigenvalue weighted by atomic mass is 127. The molecule has 7 nitrogen and oxygen atoms in total. The monoisotopic (exact) mass is 428 g/mol. The summed E-state index contributed by atoms with van der Waals surface area (Å²) in [7, 11) is -4.63. The standard InChI is InChI=1S/C11H10FIN2O5S/c12-21(19,20)6-7-3-11(16)14(5-7)10-2-1-8(15(17)18)4-9(10)13/h1-2,4,7H,3,5-6H2. The Morgan fingerprint density at radius 2 is 2.14 bits per heavy atom. The van der Waals surface area contributed by atoms with Crippen molar-refractivity contribution in [3.05, 3.63) is 31.9 Å². The third-order valence-electron chi connectivity index (χ3n) is 3.07. The Morgan fingerprint density at radius 3 is 2.67 bits per heavy atom. The molecule has 0 bridgehead atoms. The molecule has 0 aromatic heterocycles. The number of hydrogen-bond acceptors (Lipinski definition) is 5. The Hall–Kier alpha value is -1.30. The maximum Gasteiger partial charge on any atom is 0.302 e. The predicted octanol–water partition coefficient (Wildman–Crippen LogP) is 1.85. The lowest BCUT2D eigenvalue weighted by atomic mass is 10.1. The Kier molecular flexibility index (Phi) is 4.46. The largest absolute Gasteiger partial charge is 0.311 e. The van der Waals surface area contributed by atoms with E-state index >= 15 is 0 Å². The molecule has 1 aromatic carbocycles. The van der Waals surface area contributed by atoms with E-state index in [0.717, 1.165) is 0 Å². The Labute approximate surface area is 133 Å². The number of nitro groups is 1. The molecule has 2 rings (SSSR count). The molecule has 1 unspecified atom stereocenters. The highest BCUT2D eigenvalue weighted by molar-refractivity contribution is 14.1. The molecule has 21 heavy (non-hydrogen) atoms. The summed E-state index contributed by atoms with van der Waals surface area (Å²) in [5, 5.41) is 10.7. The quantitative estimate of drug-likeness (QED) is 0.316. The summed E-state index contributed by atoms with van der Waals surface area (Å²) >= 11 is 1.86. The van der Waals surface area contributed by atoms with Gasteiger partial charge in [0, 0.05) is 34.6 Å². The number of nitro benzene ring substituents is 1. The average Bonchev–Trinajstić information content (AvgIpc) is 2.67. The van der Waals surface area contributed by atoms with Crippen LogP contribution in [-0.2, 0) is 15.0 Å². The zero-order chi connectivity index (χ0) is 15.8. The predicted molar refractivity (Wildman–Crippen MR) is 81.2 cm³/mol. The highest BCUT2D eigenvalue weighted by Crippen LogP contribution is 2.32. The van der Waals surface area contributed by atoms with Gasteiger partial charge in [-0.05, 0) is 28.7 Å². The van der Waals surface area contributed by atoms with E-state index in [1.54, 1.807) is 0 Å². The van der Waals surface area contributed by atoms with Crippen LogP contribution in [0, 0.1) is 19.6 Å². The number of non-ortho nitro benzene ring substituents is 1. The van der Waals surface area contributed by atoms with Crippen molar-refractivity contribution in [2.75, 3.05) is 17.2 Å². The van der Waals surface area contributed by atoms with Crippen molar-refractivity contribution in [3.63, 3.8) is 0 Å². The van der Waals surface area contributed by atoms with Crippen molar-refractivity contribution in [2.45, 2.75) is 6.42 Å². The van der Waals surface area contributed by atoms with Crippen molar-refractivity contribution in [3.8, 4) is 0 Å². The minimum Gasteiger partial charge on any atom is -0.311 e. The lowest BCUT2D eigenvalue weighted by Gasteiger charge is -2.18. The van der Waals surface area contributed by atoms with Gasteiger partial charge >= 0.3 is 10.2 Å². The fourth-order valence-corrected chi connectivity index (χ4v) is 3.81. The lowest BCUT2D eigenvalue weighted by molar-refractivity contribution is -0.384. The molecular weight excluding hydrogens is 418 g/mol. The van der Waals surface area contributed by atoms with E-state index < -0.39 is 26.8 Å². The van der Waals surface area contributed by atoms with Gasteiger partial charge in [0.25, 0.3) is 5.69 Å². The fourth-order valence-electron chi connectivity index (χ4n) is 2.24. The van der Waals surface area contributed by atoms with Crippen LogP contribution in [0.15, 0.2) is 18.2 Å². The van der Waals surface area contributed by atoms with Crippen LogP contribution in [0.4, 0.5) is 15.3 Å². The van der Waals surface area contributed by atoms with Crippen molar-refractivity contribution in [2.24, 2.45) is 5.92 Å². The molecule has 1 aromatic rings. The molecule has 1 amide bonds. The normalized spacial score (nSPS) is 19.0. The van der Waals surface area contributed by atoms with Gasteiger partial charge in [0.1, 0.15) is 0 Å². The first-order valence-corrected chi connectivity index (χ1v) is 8.47. The Morgan fingerprint density at radius 1 is 1.48 bits per heavy atom. The van der Waals surface area contributed by atoms with Gasteiger partial charge in [-0.15, -0.1) is 3.89 Å². The van der Waals surface area contributed by atoms with Crippen LogP contribution in [0.2, 0.25) is 0 Å². The van der Waals surface area contributed by atoms with E-state index in [1.165, 1.54) is 23.1 Å². The number of carbonyl (C=O) groups is 1. The topological polar surface area (TPSA) is 97.6 Å². The second-order valence-electron chi connectivity index (χ2n) is 4.67. The van der Waals surface area contributed by atoms with Crippen LogP contribution >= 0.6 is 22.6 Å². The number of anilines is 1. The number of amides is 1. The molecule has 0 spiro atoms. The summed E-state index contributed by atoms with van der Waals surface area (Å²) in [5.41, 5.74) is 0.364. The van der Waals surface area contributed by atoms with Crippen LogP contribution < -0.4 is 4.90 Å². The SMILES string of the molecule is O=C1CC(CS(=O)(=O)F)CN1c1ccc([N+](=O)[O-])cc1I. The molecule has 0 radical (unpaired) electrons. The zero-order valence-corrected chi connectivity index (χ0v) is 13.5.